The summed E-state index contributed by atoms with van der Waals surface area (Å²) in [7, 11) is 6.00. The molecule has 0 aliphatic rings. The second-order valence-electron chi connectivity index (χ2n) is 4.84. The number of hydrogen-bond acceptors (Lipinski definition) is 5. The van der Waals surface area contributed by atoms with E-state index in [9.17, 15) is 0 Å². The molecular weight excluding hydrogens is 258 g/mol. The van der Waals surface area contributed by atoms with Crippen molar-refractivity contribution >= 4 is 16.5 Å². The van der Waals surface area contributed by atoms with E-state index in [2.05, 4.69) is 46.6 Å². The molecule has 0 aromatic carbocycles. The van der Waals surface area contributed by atoms with Crippen molar-refractivity contribution in [3.05, 3.63) is 28.0 Å². The SMILES string of the molecule is CNc1nc(CN(C)Cc2c(C)nn(C)c2C)cs1. The predicted molar refractivity (Wildman–Crippen MR) is 79.5 cm³/mol. The number of aromatic nitrogens is 3. The first-order valence-corrected chi connectivity index (χ1v) is 7.19. The molecule has 2 rings (SSSR count). The molecule has 104 valence electrons. The number of thiazole rings is 1. The summed E-state index contributed by atoms with van der Waals surface area (Å²) in [6.45, 7) is 5.94. The third kappa shape index (κ3) is 3.13. The van der Waals surface area contributed by atoms with Gasteiger partial charge in [-0.15, -0.1) is 11.3 Å². The monoisotopic (exact) mass is 279 g/mol. The fraction of sp³-hybridized carbons (Fsp3) is 0.538. The lowest BCUT2D eigenvalue weighted by molar-refractivity contribution is 0.314. The van der Waals surface area contributed by atoms with Gasteiger partial charge in [0.25, 0.3) is 0 Å². The summed E-state index contributed by atoms with van der Waals surface area (Å²) in [4.78, 5) is 6.77. The summed E-state index contributed by atoms with van der Waals surface area (Å²) in [6.07, 6.45) is 0. The van der Waals surface area contributed by atoms with Crippen LogP contribution in [0.15, 0.2) is 5.38 Å². The van der Waals surface area contributed by atoms with Crippen LogP contribution < -0.4 is 5.32 Å². The molecule has 0 unspecified atom stereocenters. The van der Waals surface area contributed by atoms with Gasteiger partial charge in [0.2, 0.25) is 0 Å². The Hall–Kier alpha value is -1.40. The van der Waals surface area contributed by atoms with E-state index in [1.165, 1.54) is 11.3 Å². The van der Waals surface area contributed by atoms with Crippen molar-refractivity contribution in [2.24, 2.45) is 7.05 Å². The Morgan fingerprint density at radius 2 is 2.11 bits per heavy atom. The average molecular weight is 279 g/mol. The highest BCUT2D eigenvalue weighted by molar-refractivity contribution is 7.13. The highest BCUT2D eigenvalue weighted by Crippen LogP contribution is 2.18. The summed E-state index contributed by atoms with van der Waals surface area (Å²) < 4.78 is 1.94. The zero-order valence-electron chi connectivity index (χ0n) is 12.2. The summed E-state index contributed by atoms with van der Waals surface area (Å²) in [5.74, 6) is 0. The van der Waals surface area contributed by atoms with Crippen LogP contribution in [-0.2, 0) is 20.1 Å². The highest BCUT2D eigenvalue weighted by Gasteiger charge is 2.12. The molecule has 0 aliphatic carbocycles. The maximum atomic E-state index is 4.51. The zero-order valence-corrected chi connectivity index (χ0v) is 13.0. The van der Waals surface area contributed by atoms with Crippen LogP contribution in [-0.4, -0.2) is 33.8 Å². The summed E-state index contributed by atoms with van der Waals surface area (Å²) in [5.41, 5.74) is 4.77. The van der Waals surface area contributed by atoms with E-state index in [0.717, 1.165) is 29.6 Å². The number of rotatable bonds is 5. The van der Waals surface area contributed by atoms with Crippen molar-refractivity contribution in [3.63, 3.8) is 0 Å². The van der Waals surface area contributed by atoms with Crippen LogP contribution in [0.2, 0.25) is 0 Å². The van der Waals surface area contributed by atoms with E-state index in [0.29, 0.717) is 0 Å². The van der Waals surface area contributed by atoms with Gasteiger partial charge in [0.1, 0.15) is 0 Å². The second-order valence-corrected chi connectivity index (χ2v) is 5.70. The second kappa shape index (κ2) is 5.71. The van der Waals surface area contributed by atoms with Crippen LogP contribution >= 0.6 is 11.3 Å². The molecule has 0 radical (unpaired) electrons. The Bertz CT molecular complexity index is 557. The van der Waals surface area contributed by atoms with Gasteiger partial charge in [0.05, 0.1) is 11.4 Å². The molecule has 2 aromatic heterocycles. The highest BCUT2D eigenvalue weighted by atomic mass is 32.1. The molecule has 0 saturated carbocycles. The summed E-state index contributed by atoms with van der Waals surface area (Å²) in [6, 6.07) is 0. The van der Waals surface area contributed by atoms with Gasteiger partial charge in [-0.05, 0) is 20.9 Å². The smallest absolute Gasteiger partial charge is 0.182 e. The normalized spacial score (nSPS) is 11.3. The van der Waals surface area contributed by atoms with E-state index in [1.807, 2.05) is 18.8 Å². The van der Waals surface area contributed by atoms with Crippen molar-refractivity contribution in [1.29, 1.82) is 0 Å². The maximum absolute atomic E-state index is 4.51. The molecular formula is C13H21N5S. The molecule has 1 N–H and O–H groups in total. The number of hydrogen-bond donors (Lipinski definition) is 1. The van der Waals surface area contributed by atoms with E-state index >= 15 is 0 Å². The fourth-order valence-electron chi connectivity index (χ4n) is 2.14. The third-order valence-electron chi connectivity index (χ3n) is 3.28. The van der Waals surface area contributed by atoms with Crippen molar-refractivity contribution in [3.8, 4) is 0 Å². The van der Waals surface area contributed by atoms with Crippen molar-refractivity contribution in [2.75, 3.05) is 19.4 Å². The number of anilines is 1. The van der Waals surface area contributed by atoms with Gasteiger partial charge >= 0.3 is 0 Å². The van der Waals surface area contributed by atoms with Gasteiger partial charge in [-0.25, -0.2) is 4.98 Å². The number of nitrogens with zero attached hydrogens (tertiary/aromatic N) is 4. The van der Waals surface area contributed by atoms with Crippen molar-refractivity contribution < 1.29 is 0 Å². The molecule has 0 saturated heterocycles. The van der Waals surface area contributed by atoms with Crippen molar-refractivity contribution in [2.45, 2.75) is 26.9 Å². The van der Waals surface area contributed by atoms with Crippen LogP contribution in [0.4, 0.5) is 5.13 Å². The molecule has 2 heterocycles. The average Bonchev–Trinajstić information content (AvgIpc) is 2.90. The quantitative estimate of drug-likeness (QED) is 0.911. The van der Waals surface area contributed by atoms with E-state index in [4.69, 9.17) is 0 Å². The van der Waals surface area contributed by atoms with E-state index < -0.39 is 0 Å². The Morgan fingerprint density at radius 3 is 2.63 bits per heavy atom. The number of nitrogens with one attached hydrogen (secondary N) is 1. The zero-order chi connectivity index (χ0) is 14.0. The largest absolute Gasteiger partial charge is 0.365 e. The summed E-state index contributed by atoms with van der Waals surface area (Å²) >= 11 is 1.64. The number of aryl methyl sites for hydroxylation is 2. The molecule has 0 spiro atoms. The minimum absolute atomic E-state index is 0.853. The molecule has 5 nitrogen and oxygen atoms in total. The topological polar surface area (TPSA) is 46.0 Å². The first kappa shape index (κ1) is 14.0. The van der Waals surface area contributed by atoms with Crippen molar-refractivity contribution in [1.82, 2.24) is 19.7 Å². The van der Waals surface area contributed by atoms with Crippen LogP contribution in [0.5, 0.6) is 0 Å². The van der Waals surface area contributed by atoms with Crippen LogP contribution in [0.25, 0.3) is 0 Å². The molecule has 0 atom stereocenters. The molecule has 0 amide bonds. The first-order valence-electron chi connectivity index (χ1n) is 6.31. The van der Waals surface area contributed by atoms with Crippen LogP contribution in [0.1, 0.15) is 22.6 Å². The van der Waals surface area contributed by atoms with Gasteiger partial charge in [0.15, 0.2) is 5.13 Å². The van der Waals surface area contributed by atoms with E-state index in [1.54, 1.807) is 11.3 Å². The summed E-state index contributed by atoms with van der Waals surface area (Å²) in [5, 5.41) is 10.6. The standard InChI is InChI=1S/C13H21N5S/c1-9-12(10(2)18(5)16-9)7-17(4)6-11-8-19-13(14-3)15-11/h8H,6-7H2,1-5H3,(H,14,15). The Balaban J connectivity index is 2.02. The van der Waals surface area contributed by atoms with E-state index in [-0.39, 0.29) is 0 Å². The first-order chi connectivity index (χ1) is 9.01. The Labute approximate surface area is 118 Å². The lowest BCUT2D eigenvalue weighted by atomic mass is 10.2. The van der Waals surface area contributed by atoms with Gasteiger partial charge < -0.3 is 5.32 Å². The molecule has 19 heavy (non-hydrogen) atoms. The fourth-order valence-corrected chi connectivity index (χ4v) is 2.81. The molecule has 6 heteroatoms. The lowest BCUT2D eigenvalue weighted by Crippen LogP contribution is -2.18. The van der Waals surface area contributed by atoms with Gasteiger partial charge in [-0.3, -0.25) is 9.58 Å². The molecule has 2 aromatic rings. The maximum Gasteiger partial charge on any atom is 0.182 e. The van der Waals surface area contributed by atoms with Gasteiger partial charge in [-0.2, -0.15) is 5.10 Å². The molecule has 0 fully saturated rings. The van der Waals surface area contributed by atoms with Crippen LogP contribution in [0.3, 0.4) is 0 Å². The van der Waals surface area contributed by atoms with Gasteiger partial charge in [0, 0.05) is 43.8 Å². The minimum atomic E-state index is 0.853. The molecule has 0 aliphatic heterocycles. The Kier molecular flexibility index (Phi) is 4.21. The third-order valence-corrected chi connectivity index (χ3v) is 4.19. The van der Waals surface area contributed by atoms with Crippen LogP contribution in [0, 0.1) is 13.8 Å². The lowest BCUT2D eigenvalue weighted by Gasteiger charge is -2.15. The van der Waals surface area contributed by atoms with Gasteiger partial charge in [-0.1, -0.05) is 0 Å². The Morgan fingerprint density at radius 1 is 1.37 bits per heavy atom. The predicted octanol–water partition coefficient (Wildman–Crippen LogP) is 2.17. The minimum Gasteiger partial charge on any atom is -0.365 e. The molecule has 0 bridgehead atoms.